The SMILES string of the molecule is CCCC(N)C(=O)N1CCN(CC(C)C)CC1.Cl.Cl. The fraction of sp³-hybridized carbons (Fsp3) is 0.923. The highest BCUT2D eigenvalue weighted by Crippen LogP contribution is 2.07. The third-order valence-corrected chi connectivity index (χ3v) is 3.22. The van der Waals surface area contributed by atoms with Gasteiger partial charge in [-0.3, -0.25) is 9.69 Å². The van der Waals surface area contributed by atoms with Crippen molar-refractivity contribution >= 4 is 30.7 Å². The summed E-state index contributed by atoms with van der Waals surface area (Å²) in [5.41, 5.74) is 5.87. The molecule has 4 nitrogen and oxygen atoms in total. The largest absolute Gasteiger partial charge is 0.339 e. The summed E-state index contributed by atoms with van der Waals surface area (Å²) in [5.74, 6) is 0.829. The molecule has 1 amide bonds. The molecule has 1 unspecified atom stereocenters. The predicted octanol–water partition coefficient (Wildman–Crippen LogP) is 1.76. The Morgan fingerprint density at radius 2 is 1.68 bits per heavy atom. The third kappa shape index (κ3) is 7.35. The standard InChI is InChI=1S/C13H27N3O.2ClH/c1-4-5-12(14)13(17)16-8-6-15(7-9-16)10-11(2)3;;/h11-12H,4-10,14H2,1-3H3;2*1H. The van der Waals surface area contributed by atoms with Crippen molar-refractivity contribution in [3.63, 3.8) is 0 Å². The normalized spacial score (nSPS) is 17.6. The maximum Gasteiger partial charge on any atom is 0.239 e. The molecule has 1 aliphatic heterocycles. The van der Waals surface area contributed by atoms with Crippen molar-refractivity contribution in [2.75, 3.05) is 32.7 Å². The van der Waals surface area contributed by atoms with Gasteiger partial charge in [-0.25, -0.2) is 0 Å². The molecule has 0 aromatic carbocycles. The van der Waals surface area contributed by atoms with Gasteiger partial charge >= 0.3 is 0 Å². The zero-order chi connectivity index (χ0) is 12.8. The Labute approximate surface area is 129 Å². The second-order valence-electron chi connectivity index (χ2n) is 5.41. The number of nitrogens with zero attached hydrogens (tertiary/aromatic N) is 2. The number of hydrogen-bond acceptors (Lipinski definition) is 3. The van der Waals surface area contributed by atoms with Crippen LogP contribution < -0.4 is 5.73 Å². The summed E-state index contributed by atoms with van der Waals surface area (Å²) in [6, 6.07) is -0.295. The molecule has 0 aliphatic carbocycles. The minimum absolute atomic E-state index is 0. The van der Waals surface area contributed by atoms with Crippen LogP contribution in [0.1, 0.15) is 33.6 Å². The molecule has 1 saturated heterocycles. The van der Waals surface area contributed by atoms with Crippen LogP contribution in [0.4, 0.5) is 0 Å². The number of nitrogens with two attached hydrogens (primary N) is 1. The average Bonchev–Trinajstić information content (AvgIpc) is 2.28. The van der Waals surface area contributed by atoms with E-state index in [0.29, 0.717) is 5.92 Å². The Bertz CT molecular complexity index is 244. The summed E-state index contributed by atoms with van der Waals surface area (Å²) < 4.78 is 0. The van der Waals surface area contributed by atoms with Gasteiger partial charge in [-0.15, -0.1) is 24.8 Å². The van der Waals surface area contributed by atoms with E-state index in [1.807, 2.05) is 4.90 Å². The van der Waals surface area contributed by atoms with Gasteiger partial charge in [0.2, 0.25) is 5.91 Å². The first kappa shape index (κ1) is 21.3. The molecule has 0 radical (unpaired) electrons. The lowest BCUT2D eigenvalue weighted by Gasteiger charge is -2.36. The topological polar surface area (TPSA) is 49.6 Å². The molecule has 0 aromatic rings. The summed E-state index contributed by atoms with van der Waals surface area (Å²) in [4.78, 5) is 16.4. The van der Waals surface area contributed by atoms with Crippen LogP contribution in [0.2, 0.25) is 0 Å². The summed E-state index contributed by atoms with van der Waals surface area (Å²) in [7, 11) is 0. The highest BCUT2D eigenvalue weighted by atomic mass is 35.5. The molecule has 1 heterocycles. The molecule has 19 heavy (non-hydrogen) atoms. The van der Waals surface area contributed by atoms with Gasteiger partial charge in [-0.05, 0) is 12.3 Å². The van der Waals surface area contributed by atoms with E-state index < -0.39 is 0 Å². The monoisotopic (exact) mass is 313 g/mol. The van der Waals surface area contributed by atoms with Crippen molar-refractivity contribution in [1.82, 2.24) is 9.80 Å². The maximum absolute atomic E-state index is 12.0. The first-order valence-corrected chi connectivity index (χ1v) is 6.81. The number of halogens is 2. The fourth-order valence-electron chi connectivity index (χ4n) is 2.34. The van der Waals surface area contributed by atoms with Crippen molar-refractivity contribution in [2.45, 2.75) is 39.7 Å². The Kier molecular flexibility index (Phi) is 12.0. The van der Waals surface area contributed by atoms with Crippen LogP contribution >= 0.6 is 24.8 Å². The second kappa shape index (κ2) is 10.7. The summed E-state index contributed by atoms with van der Waals surface area (Å²) in [6.45, 7) is 11.3. The van der Waals surface area contributed by atoms with Gasteiger partial charge in [-0.1, -0.05) is 27.2 Å². The number of rotatable bonds is 5. The third-order valence-electron chi connectivity index (χ3n) is 3.22. The van der Waals surface area contributed by atoms with Crippen molar-refractivity contribution in [1.29, 1.82) is 0 Å². The average molecular weight is 314 g/mol. The smallest absolute Gasteiger partial charge is 0.239 e. The minimum Gasteiger partial charge on any atom is -0.339 e. The quantitative estimate of drug-likeness (QED) is 0.841. The lowest BCUT2D eigenvalue weighted by atomic mass is 10.1. The zero-order valence-electron chi connectivity index (χ0n) is 12.3. The van der Waals surface area contributed by atoms with Gasteiger partial charge in [0, 0.05) is 32.7 Å². The lowest BCUT2D eigenvalue weighted by molar-refractivity contribution is -0.134. The van der Waals surface area contributed by atoms with Gasteiger partial charge in [0.05, 0.1) is 6.04 Å². The Hall–Kier alpha value is -0.0300. The van der Waals surface area contributed by atoms with E-state index >= 15 is 0 Å². The Balaban J connectivity index is 0. The van der Waals surface area contributed by atoms with Crippen LogP contribution in [-0.4, -0.2) is 54.5 Å². The second-order valence-corrected chi connectivity index (χ2v) is 5.41. The molecular weight excluding hydrogens is 285 g/mol. The molecule has 1 fully saturated rings. The van der Waals surface area contributed by atoms with E-state index in [2.05, 4.69) is 25.7 Å². The van der Waals surface area contributed by atoms with Crippen molar-refractivity contribution in [2.24, 2.45) is 11.7 Å². The highest BCUT2D eigenvalue weighted by Gasteiger charge is 2.24. The van der Waals surface area contributed by atoms with Gasteiger partial charge in [0.15, 0.2) is 0 Å². The summed E-state index contributed by atoms with van der Waals surface area (Å²) >= 11 is 0. The molecule has 0 bridgehead atoms. The molecular formula is C13H29Cl2N3O. The number of amides is 1. The van der Waals surface area contributed by atoms with Crippen molar-refractivity contribution in [3.05, 3.63) is 0 Å². The molecule has 116 valence electrons. The van der Waals surface area contributed by atoms with E-state index in [1.165, 1.54) is 0 Å². The summed E-state index contributed by atoms with van der Waals surface area (Å²) in [6.07, 6.45) is 1.77. The summed E-state index contributed by atoms with van der Waals surface area (Å²) in [5, 5.41) is 0. The van der Waals surface area contributed by atoms with E-state index in [0.717, 1.165) is 45.6 Å². The van der Waals surface area contributed by atoms with Crippen LogP contribution in [-0.2, 0) is 4.79 Å². The van der Waals surface area contributed by atoms with Crippen molar-refractivity contribution in [3.8, 4) is 0 Å². The van der Waals surface area contributed by atoms with Crippen LogP contribution in [0.3, 0.4) is 0 Å². The van der Waals surface area contributed by atoms with E-state index in [9.17, 15) is 4.79 Å². The first-order chi connectivity index (χ1) is 8.04. The van der Waals surface area contributed by atoms with Crippen LogP contribution in [0.15, 0.2) is 0 Å². The van der Waals surface area contributed by atoms with E-state index in [1.54, 1.807) is 0 Å². The van der Waals surface area contributed by atoms with Crippen LogP contribution in [0, 0.1) is 5.92 Å². The molecule has 1 atom stereocenters. The Morgan fingerprint density at radius 3 is 2.11 bits per heavy atom. The maximum atomic E-state index is 12.0. The molecule has 1 aliphatic rings. The number of carbonyl (C=O) groups excluding carboxylic acids is 1. The van der Waals surface area contributed by atoms with E-state index in [-0.39, 0.29) is 36.8 Å². The molecule has 2 N–H and O–H groups in total. The molecule has 0 saturated carbocycles. The highest BCUT2D eigenvalue weighted by molar-refractivity contribution is 5.85. The predicted molar refractivity (Wildman–Crippen MR) is 85.2 cm³/mol. The molecule has 0 aromatic heterocycles. The first-order valence-electron chi connectivity index (χ1n) is 6.81. The van der Waals surface area contributed by atoms with Crippen LogP contribution in [0.25, 0.3) is 0 Å². The minimum atomic E-state index is -0.295. The fourth-order valence-corrected chi connectivity index (χ4v) is 2.34. The van der Waals surface area contributed by atoms with Gasteiger partial charge in [0.1, 0.15) is 0 Å². The van der Waals surface area contributed by atoms with Gasteiger partial charge < -0.3 is 10.6 Å². The van der Waals surface area contributed by atoms with Crippen molar-refractivity contribution < 1.29 is 4.79 Å². The molecule has 0 spiro atoms. The molecule has 1 rings (SSSR count). The lowest BCUT2D eigenvalue weighted by Crippen LogP contribution is -2.53. The van der Waals surface area contributed by atoms with Crippen LogP contribution in [0.5, 0.6) is 0 Å². The van der Waals surface area contributed by atoms with Gasteiger partial charge in [0.25, 0.3) is 0 Å². The van der Waals surface area contributed by atoms with E-state index in [4.69, 9.17) is 5.73 Å². The zero-order valence-corrected chi connectivity index (χ0v) is 13.9. The number of carbonyl (C=O) groups is 1. The number of hydrogen-bond donors (Lipinski definition) is 1. The molecule has 6 heteroatoms. The Morgan fingerprint density at radius 1 is 1.16 bits per heavy atom. The number of piperazine rings is 1. The van der Waals surface area contributed by atoms with Gasteiger partial charge in [-0.2, -0.15) is 0 Å².